The Balaban J connectivity index is 0.000000266. The summed E-state index contributed by atoms with van der Waals surface area (Å²) < 4.78 is 13.1. The molecule has 0 radical (unpaired) electrons. The number of aliphatic hydroxyl groups is 2. The average molecular weight is 1320 g/mol. The largest absolute Gasteiger partial charge is 0.415 e. The molecule has 2 fully saturated rings. The molecular formula is C80H108Cl2N4O8+2. The van der Waals surface area contributed by atoms with Crippen LogP contribution in [0.1, 0.15) is 188 Å². The molecule has 2 amide bonds. The van der Waals surface area contributed by atoms with Crippen LogP contribution in [0.4, 0.5) is 0 Å². The predicted molar refractivity (Wildman–Crippen MR) is 380 cm³/mol. The molecule has 508 valence electrons. The Labute approximate surface area is 572 Å². The highest BCUT2D eigenvalue weighted by atomic mass is 35.5. The minimum atomic E-state index is -0.996. The molecular weight excluding hydrogens is 1220 g/mol. The van der Waals surface area contributed by atoms with E-state index in [2.05, 4.69) is 13.8 Å². The van der Waals surface area contributed by atoms with Crippen LogP contribution < -0.4 is 0 Å². The molecule has 0 saturated carbocycles. The van der Waals surface area contributed by atoms with Crippen LogP contribution in [0.15, 0.2) is 170 Å². The number of carbonyl (C=O) groups excluding carboxylic acids is 4. The van der Waals surface area contributed by atoms with Gasteiger partial charge in [-0.1, -0.05) is 260 Å². The fourth-order valence-electron chi connectivity index (χ4n) is 14.2. The standard InChI is InChI=1S/2C40H54ClN2O4/c2*1-4-5-6-7-8-9-16-21-37(44)47-32-43(29-26-39(46,27-30-43)33-22-24-36(41)25-23-33)31-28-40(38(45)42(2)3,34-17-12-10-13-18-34)35-19-14-11-15-20-35/h2*10-15,17-20,22-25,46H,4-9,16,21,26-32H2,1-3H3/q2*+1. The van der Waals surface area contributed by atoms with Gasteiger partial charge in [-0.3, -0.25) is 28.1 Å². The van der Waals surface area contributed by atoms with Crippen molar-refractivity contribution in [2.45, 2.75) is 177 Å². The first-order chi connectivity index (χ1) is 45.3. The number of halogens is 2. The fourth-order valence-corrected chi connectivity index (χ4v) is 14.4. The molecule has 2 N–H and O–H groups in total. The van der Waals surface area contributed by atoms with Crippen LogP contribution in [0.5, 0.6) is 0 Å². The summed E-state index contributed by atoms with van der Waals surface area (Å²) in [6, 6.07) is 54.9. The second-order valence-electron chi connectivity index (χ2n) is 27.3. The number of nitrogens with zero attached hydrogens (tertiary/aromatic N) is 4. The van der Waals surface area contributed by atoms with Crippen molar-refractivity contribution in [2.75, 3.05) is 80.9 Å². The van der Waals surface area contributed by atoms with Gasteiger partial charge in [0.25, 0.3) is 0 Å². The summed E-state index contributed by atoms with van der Waals surface area (Å²) in [5.41, 5.74) is 1.60. The van der Waals surface area contributed by atoms with Crippen molar-refractivity contribution in [3.8, 4) is 0 Å². The van der Waals surface area contributed by atoms with Crippen LogP contribution in [-0.2, 0) is 50.7 Å². The Morgan fingerprint density at radius 2 is 0.681 bits per heavy atom. The highest BCUT2D eigenvalue weighted by molar-refractivity contribution is 6.30. The molecule has 94 heavy (non-hydrogen) atoms. The maximum Gasteiger partial charge on any atom is 0.310 e. The van der Waals surface area contributed by atoms with E-state index in [4.69, 9.17) is 32.7 Å². The first kappa shape index (κ1) is 75.0. The van der Waals surface area contributed by atoms with Gasteiger partial charge in [0.05, 0.1) is 39.3 Å². The monoisotopic (exact) mass is 1320 g/mol. The number of quaternary nitrogens is 2. The summed E-state index contributed by atoms with van der Waals surface area (Å²) in [6.07, 6.45) is 19.9. The third-order valence-electron chi connectivity index (χ3n) is 20.3. The van der Waals surface area contributed by atoms with E-state index >= 15 is 0 Å². The number of hydrogen-bond donors (Lipinski definition) is 2. The van der Waals surface area contributed by atoms with E-state index in [-0.39, 0.29) is 37.2 Å². The van der Waals surface area contributed by atoms with Gasteiger partial charge < -0.3 is 29.5 Å². The molecule has 0 atom stereocenters. The Kier molecular flexibility index (Phi) is 29.2. The Bertz CT molecular complexity index is 2910. The normalized spacial score (nSPS) is 19.7. The van der Waals surface area contributed by atoms with E-state index in [9.17, 15) is 29.4 Å². The zero-order chi connectivity index (χ0) is 67.5. The van der Waals surface area contributed by atoms with Crippen molar-refractivity contribution in [3.05, 3.63) is 213 Å². The van der Waals surface area contributed by atoms with Crippen molar-refractivity contribution >= 4 is 47.0 Å². The molecule has 0 unspecified atom stereocenters. The van der Waals surface area contributed by atoms with Crippen LogP contribution in [0.25, 0.3) is 0 Å². The highest BCUT2D eigenvalue weighted by Gasteiger charge is 2.51. The third kappa shape index (κ3) is 20.3. The highest BCUT2D eigenvalue weighted by Crippen LogP contribution is 2.44. The molecule has 2 aliphatic rings. The number of hydrogen-bond acceptors (Lipinski definition) is 8. The number of ether oxygens (including phenoxy) is 2. The zero-order valence-corrected chi connectivity index (χ0v) is 58.8. The van der Waals surface area contributed by atoms with E-state index in [1.165, 1.54) is 51.4 Å². The number of piperidine rings is 2. The maximum atomic E-state index is 14.3. The molecule has 0 spiro atoms. The average Bonchev–Trinajstić information content (AvgIpc) is 0.764. The van der Waals surface area contributed by atoms with Crippen molar-refractivity contribution in [1.29, 1.82) is 0 Å². The summed E-state index contributed by atoms with van der Waals surface area (Å²) in [4.78, 5) is 58.1. The zero-order valence-electron chi connectivity index (χ0n) is 57.3. The first-order valence-electron chi connectivity index (χ1n) is 34.9. The third-order valence-corrected chi connectivity index (χ3v) is 20.8. The van der Waals surface area contributed by atoms with Gasteiger partial charge in [-0.25, -0.2) is 0 Å². The topological polar surface area (TPSA) is 134 Å². The lowest BCUT2D eigenvalue weighted by atomic mass is 9.70. The number of carbonyl (C=O) groups is 4. The van der Waals surface area contributed by atoms with Crippen molar-refractivity contribution < 1.29 is 47.8 Å². The summed E-state index contributed by atoms with van der Waals surface area (Å²) >= 11 is 12.3. The number of likely N-dealkylation sites (tertiary alicyclic amines) is 2. The van der Waals surface area contributed by atoms with Gasteiger partial charge in [0.2, 0.25) is 25.3 Å². The molecule has 2 heterocycles. The molecule has 0 aliphatic carbocycles. The molecule has 2 saturated heterocycles. The van der Waals surface area contributed by atoms with Gasteiger partial charge in [-0.05, 0) is 70.5 Å². The molecule has 0 bridgehead atoms. The Hall–Kier alpha value is -6.38. The van der Waals surface area contributed by atoms with Crippen LogP contribution in [0.2, 0.25) is 10.0 Å². The number of rotatable bonds is 34. The summed E-state index contributed by atoms with van der Waals surface area (Å²) in [5, 5.41) is 24.8. The number of unbranched alkanes of at least 4 members (excludes halogenated alkanes) is 12. The number of amides is 2. The van der Waals surface area contributed by atoms with Crippen molar-refractivity contribution in [2.24, 2.45) is 0 Å². The van der Waals surface area contributed by atoms with Gasteiger partial charge >= 0.3 is 11.9 Å². The number of benzene rings is 6. The Morgan fingerprint density at radius 1 is 0.415 bits per heavy atom. The maximum absolute atomic E-state index is 14.3. The van der Waals surface area contributed by atoms with E-state index < -0.39 is 22.0 Å². The molecule has 12 nitrogen and oxygen atoms in total. The predicted octanol–water partition coefficient (Wildman–Crippen LogP) is 16.5. The molecule has 2 aliphatic heterocycles. The quantitative estimate of drug-likeness (QED) is 0.0232. The Morgan fingerprint density at radius 3 is 0.947 bits per heavy atom. The molecule has 0 aromatic heterocycles. The van der Waals surface area contributed by atoms with Gasteiger partial charge in [0.1, 0.15) is 22.0 Å². The molecule has 8 rings (SSSR count). The first-order valence-corrected chi connectivity index (χ1v) is 35.7. The minimum Gasteiger partial charge on any atom is -0.415 e. The lowest BCUT2D eigenvalue weighted by Crippen LogP contribution is -2.60. The lowest BCUT2D eigenvalue weighted by Gasteiger charge is -2.47. The van der Waals surface area contributed by atoms with Crippen LogP contribution in [0, 0.1) is 0 Å². The summed E-state index contributed by atoms with van der Waals surface area (Å²) in [5.74, 6) is -0.315. The smallest absolute Gasteiger partial charge is 0.310 e. The summed E-state index contributed by atoms with van der Waals surface area (Å²) in [6.45, 7) is 8.53. The number of likely N-dealkylation sites (N-methyl/N-ethyl adjacent to an activating group) is 2. The van der Waals surface area contributed by atoms with Gasteiger partial charge in [0, 0.05) is 89.6 Å². The van der Waals surface area contributed by atoms with E-state index in [0.29, 0.717) is 110 Å². The molecule has 14 heteroatoms. The van der Waals surface area contributed by atoms with Gasteiger partial charge in [-0.15, -0.1) is 0 Å². The van der Waals surface area contributed by atoms with Crippen molar-refractivity contribution in [1.82, 2.24) is 9.80 Å². The fraction of sp³-hybridized carbons (Fsp3) is 0.500. The van der Waals surface area contributed by atoms with E-state index in [0.717, 1.165) is 71.9 Å². The lowest BCUT2D eigenvalue weighted by molar-refractivity contribution is -0.950. The minimum absolute atomic E-state index is 0.0126. The van der Waals surface area contributed by atoms with E-state index in [1.54, 1.807) is 9.80 Å². The van der Waals surface area contributed by atoms with Gasteiger partial charge in [0.15, 0.2) is 0 Å². The van der Waals surface area contributed by atoms with E-state index in [1.807, 2.05) is 198 Å². The second-order valence-corrected chi connectivity index (χ2v) is 28.2. The second kappa shape index (κ2) is 36.7. The molecule has 6 aromatic rings. The summed E-state index contributed by atoms with van der Waals surface area (Å²) in [7, 11) is 7.25. The van der Waals surface area contributed by atoms with Crippen LogP contribution in [0.3, 0.4) is 0 Å². The number of esters is 2. The van der Waals surface area contributed by atoms with Crippen LogP contribution >= 0.6 is 23.2 Å². The SMILES string of the molecule is CCCCCCCCCC(=O)OC[N+]1(CCC(C(=O)N(C)C)(c2ccccc2)c2ccccc2)CCC(O)(c2ccc(Cl)cc2)CC1.CCCCCCCCCC(=O)OC[N+]1(CCC(C(=O)N(C)C)(c2ccccc2)c2ccccc2)CCC(O)(c2ccc(Cl)cc2)CC1. The van der Waals surface area contributed by atoms with Crippen LogP contribution in [-0.4, -0.2) is 134 Å². The molecule has 6 aromatic carbocycles. The van der Waals surface area contributed by atoms with Crippen molar-refractivity contribution in [3.63, 3.8) is 0 Å². The van der Waals surface area contributed by atoms with Gasteiger partial charge in [-0.2, -0.15) is 0 Å².